The molecule has 0 aliphatic carbocycles. The molecule has 1 aromatic carbocycles. The van der Waals surface area contributed by atoms with Crippen molar-refractivity contribution in [3.05, 3.63) is 52.8 Å². The SMILES string of the molecule is FC(F)(F)c1cccc(Oc2ccncc2Br)c1. The Morgan fingerprint density at radius 1 is 1.17 bits per heavy atom. The average molecular weight is 318 g/mol. The van der Waals surface area contributed by atoms with E-state index < -0.39 is 11.7 Å². The van der Waals surface area contributed by atoms with Crippen LogP contribution in [0.5, 0.6) is 11.5 Å². The first-order chi connectivity index (χ1) is 8.47. The number of aromatic nitrogens is 1. The van der Waals surface area contributed by atoms with Crippen LogP contribution in [0.25, 0.3) is 0 Å². The topological polar surface area (TPSA) is 22.1 Å². The number of halogens is 4. The standard InChI is InChI=1S/C12H7BrF3NO/c13-10-7-17-5-4-11(10)18-9-3-1-2-8(6-9)12(14,15)16/h1-7H. The summed E-state index contributed by atoms with van der Waals surface area (Å²) in [5, 5.41) is 0. The highest BCUT2D eigenvalue weighted by Gasteiger charge is 2.30. The van der Waals surface area contributed by atoms with Crippen molar-refractivity contribution in [3.63, 3.8) is 0 Å². The monoisotopic (exact) mass is 317 g/mol. The molecule has 0 saturated carbocycles. The first-order valence-electron chi connectivity index (χ1n) is 4.91. The van der Waals surface area contributed by atoms with E-state index in [1.165, 1.54) is 24.5 Å². The van der Waals surface area contributed by atoms with Gasteiger partial charge in [-0.25, -0.2) is 0 Å². The third-order valence-corrected chi connectivity index (χ3v) is 2.72. The Morgan fingerprint density at radius 3 is 2.61 bits per heavy atom. The van der Waals surface area contributed by atoms with Gasteiger partial charge in [0.05, 0.1) is 10.0 Å². The van der Waals surface area contributed by atoms with Crippen LogP contribution in [-0.2, 0) is 6.18 Å². The van der Waals surface area contributed by atoms with Crippen molar-refractivity contribution in [1.29, 1.82) is 0 Å². The molecule has 1 heterocycles. The summed E-state index contributed by atoms with van der Waals surface area (Å²) in [4.78, 5) is 3.84. The minimum absolute atomic E-state index is 0.122. The normalized spacial score (nSPS) is 11.3. The molecule has 0 radical (unpaired) electrons. The van der Waals surface area contributed by atoms with Gasteiger partial charge in [-0.2, -0.15) is 13.2 Å². The van der Waals surface area contributed by atoms with Gasteiger partial charge in [-0.15, -0.1) is 0 Å². The lowest BCUT2D eigenvalue weighted by Crippen LogP contribution is -2.04. The molecule has 0 saturated heterocycles. The summed E-state index contributed by atoms with van der Waals surface area (Å²) in [5.41, 5.74) is -0.745. The van der Waals surface area contributed by atoms with Crippen LogP contribution in [0.15, 0.2) is 47.2 Å². The maximum absolute atomic E-state index is 12.5. The molecule has 0 atom stereocenters. The van der Waals surface area contributed by atoms with Gasteiger partial charge >= 0.3 is 6.18 Å². The van der Waals surface area contributed by atoms with E-state index in [-0.39, 0.29) is 5.75 Å². The first-order valence-corrected chi connectivity index (χ1v) is 5.71. The van der Waals surface area contributed by atoms with E-state index in [0.717, 1.165) is 12.1 Å². The zero-order chi connectivity index (χ0) is 13.2. The number of hydrogen-bond acceptors (Lipinski definition) is 2. The quantitative estimate of drug-likeness (QED) is 0.804. The average Bonchev–Trinajstić information content (AvgIpc) is 2.31. The van der Waals surface area contributed by atoms with E-state index in [4.69, 9.17) is 4.74 Å². The van der Waals surface area contributed by atoms with Crippen LogP contribution >= 0.6 is 15.9 Å². The van der Waals surface area contributed by atoms with Gasteiger partial charge in [0.1, 0.15) is 11.5 Å². The van der Waals surface area contributed by atoms with Crippen molar-refractivity contribution in [2.75, 3.05) is 0 Å². The molecule has 0 bridgehead atoms. The molecule has 0 fully saturated rings. The van der Waals surface area contributed by atoms with Crippen LogP contribution in [0.1, 0.15) is 5.56 Å². The third-order valence-electron chi connectivity index (χ3n) is 2.12. The molecule has 0 amide bonds. The Labute approximate surface area is 110 Å². The first kappa shape index (κ1) is 12.9. The molecule has 0 aliphatic heterocycles. The fraction of sp³-hybridized carbons (Fsp3) is 0.0833. The van der Waals surface area contributed by atoms with Gasteiger partial charge in [-0.3, -0.25) is 4.98 Å². The summed E-state index contributed by atoms with van der Waals surface area (Å²) >= 11 is 3.20. The molecule has 0 aliphatic rings. The molecule has 0 spiro atoms. The van der Waals surface area contributed by atoms with Crippen LogP contribution in [0, 0.1) is 0 Å². The van der Waals surface area contributed by atoms with Crippen LogP contribution in [0.3, 0.4) is 0 Å². The Balaban J connectivity index is 2.28. The van der Waals surface area contributed by atoms with Crippen LogP contribution in [-0.4, -0.2) is 4.98 Å². The summed E-state index contributed by atoms with van der Waals surface area (Å²) < 4.78 is 43.5. The number of alkyl halides is 3. The number of nitrogens with zero attached hydrogens (tertiary/aromatic N) is 1. The molecular formula is C12H7BrF3NO. The second-order valence-corrected chi connectivity index (χ2v) is 4.29. The lowest BCUT2D eigenvalue weighted by atomic mass is 10.2. The lowest BCUT2D eigenvalue weighted by molar-refractivity contribution is -0.137. The van der Waals surface area contributed by atoms with Gasteiger partial charge < -0.3 is 4.74 Å². The summed E-state index contributed by atoms with van der Waals surface area (Å²) in [6.45, 7) is 0. The Morgan fingerprint density at radius 2 is 1.94 bits per heavy atom. The van der Waals surface area contributed by atoms with Crippen LogP contribution < -0.4 is 4.74 Å². The van der Waals surface area contributed by atoms with Gasteiger partial charge in [-0.1, -0.05) is 6.07 Å². The predicted molar refractivity (Wildman–Crippen MR) is 63.5 cm³/mol. The van der Waals surface area contributed by atoms with Crippen LogP contribution in [0.4, 0.5) is 13.2 Å². The lowest BCUT2D eigenvalue weighted by Gasteiger charge is -2.10. The van der Waals surface area contributed by atoms with E-state index in [0.29, 0.717) is 10.2 Å². The minimum Gasteiger partial charge on any atom is -0.456 e. The Bertz CT molecular complexity index is 557. The molecule has 2 nitrogen and oxygen atoms in total. The highest BCUT2D eigenvalue weighted by Crippen LogP contribution is 2.34. The summed E-state index contributed by atoms with van der Waals surface area (Å²) in [7, 11) is 0. The summed E-state index contributed by atoms with van der Waals surface area (Å²) in [6.07, 6.45) is -1.38. The number of rotatable bonds is 2. The highest BCUT2D eigenvalue weighted by molar-refractivity contribution is 9.10. The van der Waals surface area contributed by atoms with Crippen LogP contribution in [0.2, 0.25) is 0 Å². The van der Waals surface area contributed by atoms with Crippen molar-refractivity contribution >= 4 is 15.9 Å². The van der Waals surface area contributed by atoms with E-state index >= 15 is 0 Å². The molecule has 2 aromatic rings. The van der Waals surface area contributed by atoms with Crippen molar-refractivity contribution in [1.82, 2.24) is 4.98 Å². The third kappa shape index (κ3) is 3.01. The predicted octanol–water partition coefficient (Wildman–Crippen LogP) is 4.66. The Hall–Kier alpha value is -1.56. The maximum Gasteiger partial charge on any atom is 0.416 e. The number of pyridine rings is 1. The summed E-state index contributed by atoms with van der Waals surface area (Å²) in [5.74, 6) is 0.529. The number of hydrogen-bond donors (Lipinski definition) is 0. The van der Waals surface area contributed by atoms with Gasteiger partial charge in [0, 0.05) is 18.5 Å². The van der Waals surface area contributed by atoms with E-state index in [1.54, 1.807) is 6.07 Å². The van der Waals surface area contributed by atoms with Gasteiger partial charge in [-0.05, 0) is 34.1 Å². The molecule has 1 aromatic heterocycles. The molecule has 0 unspecified atom stereocenters. The minimum atomic E-state index is -4.38. The van der Waals surface area contributed by atoms with E-state index in [9.17, 15) is 13.2 Å². The van der Waals surface area contributed by atoms with E-state index in [2.05, 4.69) is 20.9 Å². The second-order valence-electron chi connectivity index (χ2n) is 3.43. The highest BCUT2D eigenvalue weighted by atomic mass is 79.9. The van der Waals surface area contributed by atoms with Gasteiger partial charge in [0.2, 0.25) is 0 Å². The molecule has 18 heavy (non-hydrogen) atoms. The van der Waals surface area contributed by atoms with Crippen molar-refractivity contribution < 1.29 is 17.9 Å². The molecular weight excluding hydrogens is 311 g/mol. The number of ether oxygens (including phenoxy) is 1. The fourth-order valence-corrected chi connectivity index (χ4v) is 1.64. The molecule has 94 valence electrons. The Kier molecular flexibility index (Phi) is 3.56. The van der Waals surface area contributed by atoms with Gasteiger partial charge in [0.25, 0.3) is 0 Å². The zero-order valence-electron chi connectivity index (χ0n) is 8.91. The maximum atomic E-state index is 12.5. The molecule has 0 N–H and O–H groups in total. The zero-order valence-corrected chi connectivity index (χ0v) is 10.5. The van der Waals surface area contributed by atoms with Gasteiger partial charge in [0.15, 0.2) is 0 Å². The largest absolute Gasteiger partial charge is 0.456 e. The fourth-order valence-electron chi connectivity index (χ4n) is 1.31. The molecule has 2 rings (SSSR count). The van der Waals surface area contributed by atoms with Crippen molar-refractivity contribution in [2.24, 2.45) is 0 Å². The summed E-state index contributed by atoms with van der Waals surface area (Å²) in [6, 6.07) is 6.26. The second kappa shape index (κ2) is 4.97. The smallest absolute Gasteiger partial charge is 0.416 e. The van der Waals surface area contributed by atoms with E-state index in [1.807, 2.05) is 0 Å². The van der Waals surface area contributed by atoms with Crippen molar-refractivity contribution in [3.8, 4) is 11.5 Å². The molecule has 6 heteroatoms. The number of benzene rings is 1. The van der Waals surface area contributed by atoms with Crippen molar-refractivity contribution in [2.45, 2.75) is 6.18 Å².